The molecule has 0 aromatic rings. The van der Waals surface area contributed by atoms with E-state index in [4.69, 9.17) is 14.2 Å². The second kappa shape index (κ2) is 64.4. The number of allylic oxidation sites excluding steroid dienone is 12. The van der Waals surface area contributed by atoms with Gasteiger partial charge in [-0.2, -0.15) is 0 Å². The zero-order valence-corrected chi connectivity index (χ0v) is 50.5. The maximum atomic E-state index is 12.9. The van der Waals surface area contributed by atoms with Crippen molar-refractivity contribution in [2.24, 2.45) is 0 Å². The standard InChI is InChI=1S/C70H124O6/c1-4-7-10-13-16-19-22-25-28-29-30-31-32-33-34-35-36-37-38-39-40-41-43-45-48-51-54-57-60-63-69(72)75-66-67(65-74-68(71)62-59-56-53-50-47-44-27-24-21-18-15-12-9-6-3)76-70(73)64-61-58-55-52-49-46-42-26-23-20-17-14-11-8-5-2/h8,11,17,20,24,26-27,29-30,42,49,52,67H,4-7,9-10,12-16,18-19,21-23,25,28,31-41,43-48,50-51,53-66H2,1-3H3/b11-8-,20-17-,27-24-,30-29-,42-26-,52-49-. The van der Waals surface area contributed by atoms with Crippen molar-refractivity contribution in [3.63, 3.8) is 0 Å². The molecule has 1 atom stereocenters. The van der Waals surface area contributed by atoms with E-state index in [0.717, 1.165) is 83.5 Å². The summed E-state index contributed by atoms with van der Waals surface area (Å²) in [5, 5.41) is 0. The van der Waals surface area contributed by atoms with Crippen LogP contribution in [0.3, 0.4) is 0 Å². The minimum Gasteiger partial charge on any atom is -0.462 e. The first-order valence-electron chi connectivity index (χ1n) is 32.9. The largest absolute Gasteiger partial charge is 0.462 e. The molecule has 0 aromatic carbocycles. The van der Waals surface area contributed by atoms with Crippen LogP contribution >= 0.6 is 0 Å². The van der Waals surface area contributed by atoms with Crippen molar-refractivity contribution in [3.05, 3.63) is 72.9 Å². The molecule has 0 saturated carbocycles. The number of hydrogen-bond acceptors (Lipinski definition) is 6. The number of unbranched alkanes of at least 4 members (excludes halogenated alkanes) is 37. The lowest BCUT2D eigenvalue weighted by molar-refractivity contribution is -0.167. The average Bonchev–Trinajstić information content (AvgIpc) is 3.42. The predicted molar refractivity (Wildman–Crippen MR) is 330 cm³/mol. The normalized spacial score (nSPS) is 12.5. The van der Waals surface area contributed by atoms with Crippen molar-refractivity contribution in [2.75, 3.05) is 13.2 Å². The molecule has 0 amide bonds. The van der Waals surface area contributed by atoms with Crippen molar-refractivity contribution in [2.45, 2.75) is 341 Å². The molecule has 6 heteroatoms. The van der Waals surface area contributed by atoms with Crippen LogP contribution in [0.5, 0.6) is 0 Å². The number of esters is 3. The molecule has 0 aliphatic rings. The lowest BCUT2D eigenvalue weighted by Gasteiger charge is -2.18. The van der Waals surface area contributed by atoms with Crippen LogP contribution in [0, 0.1) is 0 Å². The highest BCUT2D eigenvalue weighted by Crippen LogP contribution is 2.17. The fourth-order valence-electron chi connectivity index (χ4n) is 9.48. The van der Waals surface area contributed by atoms with Crippen molar-refractivity contribution < 1.29 is 28.6 Å². The second-order valence-electron chi connectivity index (χ2n) is 22.0. The fraction of sp³-hybridized carbons (Fsp3) is 0.786. The van der Waals surface area contributed by atoms with E-state index in [1.165, 1.54) is 205 Å². The molecule has 1 unspecified atom stereocenters. The third-order valence-electron chi connectivity index (χ3n) is 14.4. The van der Waals surface area contributed by atoms with Crippen molar-refractivity contribution in [1.29, 1.82) is 0 Å². The molecule has 0 radical (unpaired) electrons. The Kier molecular flexibility index (Phi) is 61.7. The lowest BCUT2D eigenvalue weighted by atomic mass is 10.0. The highest BCUT2D eigenvalue weighted by Gasteiger charge is 2.19. The molecule has 0 spiro atoms. The lowest BCUT2D eigenvalue weighted by Crippen LogP contribution is -2.30. The zero-order chi connectivity index (χ0) is 55.0. The van der Waals surface area contributed by atoms with Gasteiger partial charge in [0.15, 0.2) is 6.10 Å². The van der Waals surface area contributed by atoms with Gasteiger partial charge in [0, 0.05) is 19.3 Å². The third kappa shape index (κ3) is 61.7. The summed E-state index contributed by atoms with van der Waals surface area (Å²) in [5.74, 6) is -0.930. The number of carbonyl (C=O) groups is 3. The maximum Gasteiger partial charge on any atom is 0.306 e. The summed E-state index contributed by atoms with van der Waals surface area (Å²) in [7, 11) is 0. The van der Waals surface area contributed by atoms with Gasteiger partial charge in [-0.1, -0.05) is 280 Å². The van der Waals surface area contributed by atoms with Gasteiger partial charge in [0.25, 0.3) is 0 Å². The molecular weight excluding hydrogens is 937 g/mol. The molecule has 0 heterocycles. The minimum atomic E-state index is -0.800. The Hall–Kier alpha value is -3.15. The summed E-state index contributed by atoms with van der Waals surface area (Å²) in [4.78, 5) is 38.2. The monoisotopic (exact) mass is 1060 g/mol. The Labute approximate surface area is 472 Å². The Morgan fingerprint density at radius 2 is 0.513 bits per heavy atom. The molecule has 0 aliphatic heterocycles. The Morgan fingerprint density at radius 3 is 0.842 bits per heavy atom. The van der Waals surface area contributed by atoms with E-state index in [1.54, 1.807) is 0 Å². The average molecular weight is 1060 g/mol. The molecule has 0 aromatic heterocycles. The third-order valence-corrected chi connectivity index (χ3v) is 14.4. The maximum absolute atomic E-state index is 12.9. The molecule has 0 fully saturated rings. The molecule has 0 bridgehead atoms. The first-order valence-corrected chi connectivity index (χ1v) is 32.9. The van der Waals surface area contributed by atoms with Gasteiger partial charge in [0.1, 0.15) is 13.2 Å². The summed E-state index contributed by atoms with van der Waals surface area (Å²) < 4.78 is 16.9. The molecule has 76 heavy (non-hydrogen) atoms. The SMILES string of the molecule is CC/C=C\C/C=C\C/C=C\C/C=C\CCCCC(=O)OC(COC(=O)CCCCCCC/C=C\CCCCCCC)COC(=O)CCCCCCCCCCCCCCCCCCC/C=C\CCCCCCCCCC. The van der Waals surface area contributed by atoms with Gasteiger partial charge < -0.3 is 14.2 Å². The van der Waals surface area contributed by atoms with Crippen LogP contribution in [-0.4, -0.2) is 37.2 Å². The quantitative estimate of drug-likeness (QED) is 0.0261. The minimum absolute atomic E-state index is 0.0924. The van der Waals surface area contributed by atoms with E-state index in [1.807, 2.05) is 0 Å². The Morgan fingerprint density at radius 1 is 0.276 bits per heavy atom. The van der Waals surface area contributed by atoms with E-state index in [9.17, 15) is 14.4 Å². The van der Waals surface area contributed by atoms with Crippen LogP contribution in [0.4, 0.5) is 0 Å². The number of ether oxygens (including phenoxy) is 3. The van der Waals surface area contributed by atoms with Gasteiger partial charge in [-0.3, -0.25) is 14.4 Å². The molecule has 0 rings (SSSR count). The summed E-state index contributed by atoms with van der Waals surface area (Å²) in [6.07, 6.45) is 83.6. The van der Waals surface area contributed by atoms with Crippen LogP contribution in [0.25, 0.3) is 0 Å². The summed E-state index contributed by atoms with van der Waals surface area (Å²) in [6.45, 7) is 6.51. The van der Waals surface area contributed by atoms with E-state index in [2.05, 4.69) is 93.7 Å². The number of carbonyl (C=O) groups excluding carboxylic acids is 3. The fourth-order valence-corrected chi connectivity index (χ4v) is 9.48. The highest BCUT2D eigenvalue weighted by molar-refractivity contribution is 5.71. The van der Waals surface area contributed by atoms with Gasteiger partial charge in [0.2, 0.25) is 0 Å². The summed E-state index contributed by atoms with van der Waals surface area (Å²) in [6, 6.07) is 0. The van der Waals surface area contributed by atoms with Gasteiger partial charge in [-0.25, -0.2) is 0 Å². The van der Waals surface area contributed by atoms with Crippen LogP contribution in [-0.2, 0) is 28.6 Å². The Balaban J connectivity index is 4.23. The first-order chi connectivity index (χ1) is 37.5. The van der Waals surface area contributed by atoms with Crippen molar-refractivity contribution in [1.82, 2.24) is 0 Å². The molecule has 0 saturated heterocycles. The summed E-state index contributed by atoms with van der Waals surface area (Å²) >= 11 is 0. The zero-order valence-electron chi connectivity index (χ0n) is 50.5. The Bertz CT molecular complexity index is 1400. The van der Waals surface area contributed by atoms with Crippen LogP contribution in [0.2, 0.25) is 0 Å². The highest BCUT2D eigenvalue weighted by atomic mass is 16.6. The predicted octanol–water partition coefficient (Wildman–Crippen LogP) is 22.5. The second-order valence-corrected chi connectivity index (χ2v) is 22.0. The van der Waals surface area contributed by atoms with Gasteiger partial charge in [0.05, 0.1) is 0 Å². The van der Waals surface area contributed by atoms with Gasteiger partial charge >= 0.3 is 17.9 Å². The molecular formula is C70H124O6. The summed E-state index contributed by atoms with van der Waals surface area (Å²) in [5.41, 5.74) is 0. The molecule has 440 valence electrons. The van der Waals surface area contributed by atoms with E-state index >= 15 is 0 Å². The molecule has 6 nitrogen and oxygen atoms in total. The van der Waals surface area contributed by atoms with Crippen molar-refractivity contribution >= 4 is 17.9 Å². The van der Waals surface area contributed by atoms with Crippen LogP contribution < -0.4 is 0 Å². The van der Waals surface area contributed by atoms with E-state index < -0.39 is 6.10 Å². The first kappa shape index (κ1) is 72.8. The smallest absolute Gasteiger partial charge is 0.306 e. The van der Waals surface area contributed by atoms with Crippen molar-refractivity contribution in [3.8, 4) is 0 Å². The van der Waals surface area contributed by atoms with Gasteiger partial charge in [-0.05, 0) is 109 Å². The topological polar surface area (TPSA) is 78.9 Å². The molecule has 0 aliphatic carbocycles. The van der Waals surface area contributed by atoms with E-state index in [0.29, 0.717) is 19.3 Å². The van der Waals surface area contributed by atoms with E-state index in [-0.39, 0.29) is 37.5 Å². The number of hydrogen-bond donors (Lipinski definition) is 0. The van der Waals surface area contributed by atoms with Crippen LogP contribution in [0.1, 0.15) is 335 Å². The van der Waals surface area contributed by atoms with Gasteiger partial charge in [-0.15, -0.1) is 0 Å². The van der Waals surface area contributed by atoms with Crippen LogP contribution in [0.15, 0.2) is 72.9 Å². The molecule has 0 N–H and O–H groups in total. The number of rotatable bonds is 60.